The molecule has 5 saturated carbocycles. The van der Waals surface area contributed by atoms with Crippen molar-refractivity contribution >= 4 is 12.2 Å². The summed E-state index contributed by atoms with van der Waals surface area (Å²) >= 11 is 0. The molecule has 9 fully saturated rings. The minimum atomic E-state index is -0.547. The average Bonchev–Trinajstić information content (AvgIpc) is 3.71. The lowest BCUT2D eigenvalue weighted by molar-refractivity contribution is -0.185. The molecule has 4 heterocycles. The normalized spacial score (nSPS) is 47.2. The Kier molecular flexibility index (Phi) is 9.27. The Morgan fingerprint density at radius 3 is 2.06 bits per heavy atom. The Bertz CT molecular complexity index is 1460. The molecule has 2 spiro atoms. The van der Waals surface area contributed by atoms with Crippen LogP contribution >= 0.6 is 0 Å². The van der Waals surface area contributed by atoms with E-state index in [0.717, 1.165) is 97.3 Å². The largest absolute Gasteiger partial charge is 0.446 e. The van der Waals surface area contributed by atoms with E-state index in [4.69, 9.17) is 14.2 Å². The smallest absolute Gasteiger partial charge is 0.410 e. The van der Waals surface area contributed by atoms with Gasteiger partial charge in [0.2, 0.25) is 0 Å². The first-order valence-corrected chi connectivity index (χ1v) is 22.4. The monoisotopic (exact) mass is 753 g/mol. The first kappa shape index (κ1) is 37.9. The second-order valence-electron chi connectivity index (χ2n) is 21.4. The number of aliphatic hydroxyl groups is 1. The molecule has 13 atom stereocenters. The number of carbonyl (C=O) groups excluding carboxylic acids is 2. The summed E-state index contributed by atoms with van der Waals surface area (Å²) in [6, 6.07) is 0. The van der Waals surface area contributed by atoms with Crippen LogP contribution in [0.1, 0.15) is 113 Å². The first-order valence-electron chi connectivity index (χ1n) is 22.4. The van der Waals surface area contributed by atoms with Crippen molar-refractivity contribution in [3.05, 3.63) is 0 Å². The van der Waals surface area contributed by atoms with Crippen molar-refractivity contribution in [2.75, 3.05) is 65.4 Å². The third-order valence-electron chi connectivity index (χ3n) is 18.7. The van der Waals surface area contributed by atoms with E-state index >= 15 is 0 Å². The predicted octanol–water partition coefficient (Wildman–Crippen LogP) is 6.50. The maximum absolute atomic E-state index is 13.7. The summed E-state index contributed by atoms with van der Waals surface area (Å²) in [4.78, 5) is 35.4. The van der Waals surface area contributed by atoms with E-state index in [-0.39, 0.29) is 75.5 Å². The van der Waals surface area contributed by atoms with Crippen LogP contribution in [0.2, 0.25) is 0 Å². The Labute approximate surface area is 325 Å². The van der Waals surface area contributed by atoms with E-state index in [1.54, 1.807) is 4.90 Å². The van der Waals surface area contributed by atoms with Gasteiger partial charge in [-0.25, -0.2) is 9.59 Å². The summed E-state index contributed by atoms with van der Waals surface area (Å²) in [5, 5.41) is 12.7. The van der Waals surface area contributed by atoms with Gasteiger partial charge in [-0.3, -0.25) is 4.90 Å². The molecule has 9 aliphatic rings. The number of hydrogen-bond acceptors (Lipinski definition) is 8. The molecular weight excluding hydrogens is 681 g/mol. The number of rotatable bonds is 7. The van der Waals surface area contributed by atoms with Crippen LogP contribution in [0, 0.1) is 56.7 Å². The van der Waals surface area contributed by atoms with Gasteiger partial charge in [-0.05, 0) is 123 Å². The standard InChI is InChI=1S/C44H72N4O6/c1-28(2)35(54-39(51)47-18-9-19-47)30-26-29(3)34-36(52-30)37(49)42(7)32-11-10-31-40(4,5)33(12-13-43(31)27-44(32,43)15-14-41(34,42)6)53-38(50)48-24-22-46(23-25-48)21-20-45-16-8-17-45/h28-37,49H,8-27H2,1-7H3/t29-,30?,31+,32?,33+,34?,35-,36?,37+,41-,42-,43?,44?/m1/s1. The number of piperazine rings is 1. The molecule has 0 radical (unpaired) electrons. The summed E-state index contributed by atoms with van der Waals surface area (Å²) in [5.74, 6) is 1.76. The van der Waals surface area contributed by atoms with Gasteiger partial charge in [-0.1, -0.05) is 48.5 Å². The van der Waals surface area contributed by atoms with Gasteiger partial charge in [0.1, 0.15) is 12.2 Å². The van der Waals surface area contributed by atoms with E-state index in [1.807, 2.05) is 4.90 Å². The molecule has 10 heteroatoms. The van der Waals surface area contributed by atoms with E-state index in [1.165, 1.54) is 32.4 Å². The van der Waals surface area contributed by atoms with Crippen molar-refractivity contribution in [3.63, 3.8) is 0 Å². The summed E-state index contributed by atoms with van der Waals surface area (Å²) in [5.41, 5.74) is 0.162. The first-order chi connectivity index (χ1) is 25.7. The molecule has 304 valence electrons. The van der Waals surface area contributed by atoms with Gasteiger partial charge in [0.15, 0.2) is 0 Å². The highest BCUT2D eigenvalue weighted by Gasteiger charge is 2.85. The van der Waals surface area contributed by atoms with Crippen molar-refractivity contribution < 1.29 is 28.9 Å². The predicted molar refractivity (Wildman–Crippen MR) is 207 cm³/mol. The molecule has 0 bridgehead atoms. The van der Waals surface area contributed by atoms with Crippen LogP contribution in [0.3, 0.4) is 0 Å². The maximum atomic E-state index is 13.7. The molecule has 9 rings (SSSR count). The van der Waals surface area contributed by atoms with Crippen LogP contribution in [0.4, 0.5) is 9.59 Å². The molecule has 54 heavy (non-hydrogen) atoms. The van der Waals surface area contributed by atoms with Crippen LogP contribution in [0.5, 0.6) is 0 Å². The van der Waals surface area contributed by atoms with Crippen molar-refractivity contribution in [3.8, 4) is 0 Å². The zero-order valence-electron chi connectivity index (χ0n) is 34.7. The van der Waals surface area contributed by atoms with Crippen LogP contribution in [0.25, 0.3) is 0 Å². The number of ether oxygens (including phenoxy) is 3. The highest BCUT2D eigenvalue weighted by Crippen LogP contribution is 2.89. The second-order valence-corrected chi connectivity index (χ2v) is 21.4. The van der Waals surface area contributed by atoms with E-state index < -0.39 is 6.10 Å². The van der Waals surface area contributed by atoms with Gasteiger partial charge in [-0.15, -0.1) is 0 Å². The molecule has 0 aromatic heterocycles. The van der Waals surface area contributed by atoms with Gasteiger partial charge in [0, 0.05) is 63.2 Å². The molecule has 4 aliphatic heterocycles. The van der Waals surface area contributed by atoms with Crippen molar-refractivity contribution in [1.29, 1.82) is 0 Å². The van der Waals surface area contributed by atoms with Gasteiger partial charge < -0.3 is 34.0 Å². The van der Waals surface area contributed by atoms with E-state index in [9.17, 15) is 14.7 Å². The molecule has 1 N–H and O–H groups in total. The fourth-order valence-electron chi connectivity index (χ4n) is 15.3. The number of fused-ring (bicyclic) bond motifs is 4. The van der Waals surface area contributed by atoms with E-state index in [2.05, 4.69) is 58.3 Å². The number of likely N-dealkylation sites (tertiary alicyclic amines) is 2. The Balaban J connectivity index is 0.880. The molecule has 4 saturated heterocycles. The van der Waals surface area contributed by atoms with Crippen molar-refractivity contribution in [2.24, 2.45) is 56.7 Å². The second kappa shape index (κ2) is 13.2. The average molecular weight is 753 g/mol. The Morgan fingerprint density at radius 1 is 0.796 bits per heavy atom. The third-order valence-corrected chi connectivity index (χ3v) is 18.7. The lowest BCUT2D eigenvalue weighted by Crippen LogP contribution is -2.60. The molecule has 0 aromatic carbocycles. The van der Waals surface area contributed by atoms with Crippen molar-refractivity contribution in [1.82, 2.24) is 19.6 Å². The SMILES string of the molecule is CC(C)[C@@H](OC(=O)N1CCC1)C1C[C@@H](C)C2C(O1)[C@H](O)[C@@]1(C)C3CC[C@H]4C(C)(C)[C@@H](OC(=O)N5CCN(CCN6CCC6)CC5)CCC45CC35CC[C@]21C. The number of hydrogen-bond donors (Lipinski definition) is 1. The third kappa shape index (κ3) is 5.36. The van der Waals surface area contributed by atoms with Gasteiger partial charge >= 0.3 is 12.2 Å². The zero-order valence-corrected chi connectivity index (χ0v) is 34.7. The molecule has 0 aromatic rings. The van der Waals surface area contributed by atoms with Crippen LogP contribution in [-0.2, 0) is 14.2 Å². The quantitative estimate of drug-likeness (QED) is 0.316. The highest BCUT2D eigenvalue weighted by atomic mass is 16.6. The lowest BCUT2D eigenvalue weighted by atomic mass is 9.41. The van der Waals surface area contributed by atoms with Crippen LogP contribution in [-0.4, -0.2) is 133 Å². The minimum absolute atomic E-state index is 0.0171. The number of carbonyl (C=O) groups is 2. The fourth-order valence-corrected chi connectivity index (χ4v) is 15.3. The Morgan fingerprint density at radius 2 is 1.43 bits per heavy atom. The van der Waals surface area contributed by atoms with Crippen LogP contribution < -0.4 is 0 Å². The molecular formula is C44H72N4O6. The molecule has 10 nitrogen and oxygen atoms in total. The minimum Gasteiger partial charge on any atom is -0.446 e. The molecule has 5 aliphatic carbocycles. The summed E-state index contributed by atoms with van der Waals surface area (Å²) in [7, 11) is 0. The van der Waals surface area contributed by atoms with Crippen molar-refractivity contribution in [2.45, 2.75) is 143 Å². The van der Waals surface area contributed by atoms with Gasteiger partial charge in [-0.2, -0.15) is 0 Å². The topological polar surface area (TPSA) is 95.0 Å². The molecule has 6 unspecified atom stereocenters. The maximum Gasteiger partial charge on any atom is 0.410 e. The number of nitrogens with zero attached hydrogens (tertiary/aromatic N) is 4. The van der Waals surface area contributed by atoms with Gasteiger partial charge in [0.05, 0.1) is 18.3 Å². The van der Waals surface area contributed by atoms with E-state index in [0.29, 0.717) is 17.8 Å². The van der Waals surface area contributed by atoms with Crippen LogP contribution in [0.15, 0.2) is 0 Å². The number of aliphatic hydroxyl groups excluding tert-OH is 1. The molecule has 2 amide bonds. The lowest BCUT2D eigenvalue weighted by Gasteiger charge is -2.63. The van der Waals surface area contributed by atoms with Gasteiger partial charge in [0.25, 0.3) is 0 Å². The fraction of sp³-hybridized carbons (Fsp3) is 0.955. The highest BCUT2D eigenvalue weighted by molar-refractivity contribution is 5.69. The number of amides is 2. The Hall–Kier alpha value is -1.62. The zero-order chi connectivity index (χ0) is 38.0. The summed E-state index contributed by atoms with van der Waals surface area (Å²) in [6.07, 6.45) is 9.50. The summed E-state index contributed by atoms with van der Waals surface area (Å²) in [6.45, 7) is 26.1. The summed E-state index contributed by atoms with van der Waals surface area (Å²) < 4.78 is 19.8.